The van der Waals surface area contributed by atoms with Gasteiger partial charge in [-0.15, -0.1) is 0 Å². The Kier molecular flexibility index (Phi) is 5.18. The summed E-state index contributed by atoms with van der Waals surface area (Å²) < 4.78 is 0. The topological polar surface area (TPSA) is 99.8 Å². The molecular formula is C12H12ClN5O2S. The van der Waals surface area contributed by atoms with E-state index in [-0.39, 0.29) is 5.91 Å². The molecule has 0 fully saturated rings. The highest BCUT2D eigenvalue weighted by molar-refractivity contribution is 8.00. The normalized spacial score (nSPS) is 11.7. The summed E-state index contributed by atoms with van der Waals surface area (Å²) in [7, 11) is 0. The molecule has 0 bridgehead atoms. The average molecular weight is 326 g/mol. The van der Waals surface area contributed by atoms with Crippen LogP contribution in [-0.2, 0) is 4.79 Å². The van der Waals surface area contributed by atoms with Gasteiger partial charge in [-0.25, -0.2) is 4.98 Å². The third kappa shape index (κ3) is 4.47. The minimum absolute atomic E-state index is 0.355. The number of carbonyl (C=O) groups is 2. The number of rotatable bonds is 4. The summed E-state index contributed by atoms with van der Waals surface area (Å²) in [6.07, 6.45) is 1.36. The molecule has 0 saturated carbocycles. The highest BCUT2D eigenvalue weighted by atomic mass is 35.5. The van der Waals surface area contributed by atoms with Gasteiger partial charge >= 0.3 is 0 Å². The number of thioether (sulfide) groups is 1. The van der Waals surface area contributed by atoms with Crippen LogP contribution in [0.1, 0.15) is 17.3 Å². The lowest BCUT2D eigenvalue weighted by atomic mass is 10.2. The maximum atomic E-state index is 11.8. The number of hydrazine groups is 1. The molecular weight excluding hydrogens is 314 g/mol. The average Bonchev–Trinajstić information content (AvgIpc) is 2.97. The van der Waals surface area contributed by atoms with Gasteiger partial charge in [-0.1, -0.05) is 29.4 Å². The zero-order chi connectivity index (χ0) is 15.2. The van der Waals surface area contributed by atoms with E-state index in [0.717, 1.165) is 0 Å². The van der Waals surface area contributed by atoms with Crippen LogP contribution < -0.4 is 10.9 Å². The molecule has 21 heavy (non-hydrogen) atoms. The molecule has 0 radical (unpaired) electrons. The lowest BCUT2D eigenvalue weighted by Gasteiger charge is -2.11. The highest BCUT2D eigenvalue weighted by Crippen LogP contribution is 2.17. The number of hydrogen-bond acceptors (Lipinski definition) is 5. The summed E-state index contributed by atoms with van der Waals surface area (Å²) in [6.45, 7) is 1.69. The van der Waals surface area contributed by atoms with Gasteiger partial charge in [0.25, 0.3) is 11.8 Å². The van der Waals surface area contributed by atoms with E-state index in [2.05, 4.69) is 26.0 Å². The van der Waals surface area contributed by atoms with Crippen LogP contribution in [0, 0.1) is 0 Å². The monoisotopic (exact) mass is 325 g/mol. The van der Waals surface area contributed by atoms with Crippen LogP contribution in [0.3, 0.4) is 0 Å². The predicted octanol–water partition coefficient (Wildman–Crippen LogP) is 1.40. The lowest BCUT2D eigenvalue weighted by molar-refractivity contribution is -0.121. The Balaban J connectivity index is 1.84. The molecule has 110 valence electrons. The number of halogens is 1. The van der Waals surface area contributed by atoms with Gasteiger partial charge in [0.05, 0.1) is 5.25 Å². The summed E-state index contributed by atoms with van der Waals surface area (Å²) >= 11 is 6.99. The van der Waals surface area contributed by atoms with Crippen LogP contribution >= 0.6 is 23.4 Å². The van der Waals surface area contributed by atoms with Gasteiger partial charge in [0, 0.05) is 10.6 Å². The van der Waals surface area contributed by atoms with E-state index >= 15 is 0 Å². The quantitative estimate of drug-likeness (QED) is 0.583. The van der Waals surface area contributed by atoms with Gasteiger partial charge in [0.2, 0.25) is 0 Å². The van der Waals surface area contributed by atoms with Crippen LogP contribution in [-0.4, -0.2) is 32.2 Å². The molecule has 2 amide bonds. The minimum atomic E-state index is -0.447. The zero-order valence-electron chi connectivity index (χ0n) is 11.0. The predicted molar refractivity (Wildman–Crippen MR) is 78.8 cm³/mol. The first-order valence-corrected chi connectivity index (χ1v) is 7.20. The molecule has 2 rings (SSSR count). The molecule has 1 heterocycles. The van der Waals surface area contributed by atoms with Gasteiger partial charge in [-0.3, -0.25) is 25.5 Å². The number of benzene rings is 1. The SMILES string of the molecule is CC(Sc1ncn[nH]1)C(=O)NNC(=O)c1cccc(Cl)c1. The van der Waals surface area contributed by atoms with E-state index in [4.69, 9.17) is 11.6 Å². The highest BCUT2D eigenvalue weighted by Gasteiger charge is 2.16. The first-order valence-electron chi connectivity index (χ1n) is 5.94. The molecule has 9 heteroatoms. The first kappa shape index (κ1) is 15.3. The fraction of sp³-hybridized carbons (Fsp3) is 0.167. The van der Waals surface area contributed by atoms with Crippen molar-refractivity contribution in [3.63, 3.8) is 0 Å². The van der Waals surface area contributed by atoms with Crippen LogP contribution in [0.5, 0.6) is 0 Å². The Bertz CT molecular complexity index is 634. The Morgan fingerprint density at radius 2 is 2.19 bits per heavy atom. The lowest BCUT2D eigenvalue weighted by Crippen LogP contribution is -2.44. The molecule has 1 atom stereocenters. The zero-order valence-corrected chi connectivity index (χ0v) is 12.5. The van der Waals surface area contributed by atoms with Crippen molar-refractivity contribution in [3.8, 4) is 0 Å². The fourth-order valence-corrected chi connectivity index (χ4v) is 2.30. The van der Waals surface area contributed by atoms with E-state index in [9.17, 15) is 9.59 Å². The number of nitrogens with zero attached hydrogens (tertiary/aromatic N) is 2. The molecule has 1 aromatic heterocycles. The van der Waals surface area contributed by atoms with Crippen LogP contribution in [0.25, 0.3) is 0 Å². The number of aromatic nitrogens is 3. The van der Waals surface area contributed by atoms with Crippen molar-refractivity contribution in [1.29, 1.82) is 0 Å². The summed E-state index contributed by atoms with van der Waals surface area (Å²) in [4.78, 5) is 27.6. The molecule has 7 nitrogen and oxygen atoms in total. The standard InChI is InChI=1S/C12H12ClN5O2S/c1-7(21-12-14-6-15-18-12)10(19)16-17-11(20)8-3-2-4-9(13)5-8/h2-7H,1H3,(H,16,19)(H,17,20)(H,14,15,18). The third-order valence-corrected chi connectivity index (χ3v) is 3.66. The molecule has 1 aromatic carbocycles. The van der Waals surface area contributed by atoms with E-state index in [1.807, 2.05) is 0 Å². The second kappa shape index (κ2) is 7.09. The van der Waals surface area contributed by atoms with E-state index in [0.29, 0.717) is 15.7 Å². The van der Waals surface area contributed by atoms with E-state index in [1.165, 1.54) is 24.2 Å². The summed E-state index contributed by atoms with van der Waals surface area (Å²) in [5.74, 6) is -0.797. The van der Waals surface area contributed by atoms with E-state index in [1.54, 1.807) is 25.1 Å². The number of aromatic amines is 1. The van der Waals surface area contributed by atoms with Gasteiger partial charge < -0.3 is 0 Å². The maximum absolute atomic E-state index is 11.8. The van der Waals surface area contributed by atoms with E-state index < -0.39 is 11.2 Å². The van der Waals surface area contributed by atoms with Crippen LogP contribution in [0.4, 0.5) is 0 Å². The Morgan fingerprint density at radius 3 is 2.86 bits per heavy atom. The number of carbonyl (C=O) groups excluding carboxylic acids is 2. The molecule has 0 aliphatic carbocycles. The molecule has 3 N–H and O–H groups in total. The van der Waals surface area contributed by atoms with Crippen molar-refractivity contribution >= 4 is 35.2 Å². The molecule has 0 saturated heterocycles. The molecule has 0 spiro atoms. The summed E-state index contributed by atoms with van der Waals surface area (Å²) in [5, 5.41) is 6.85. The minimum Gasteiger partial charge on any atom is -0.272 e. The maximum Gasteiger partial charge on any atom is 0.269 e. The van der Waals surface area contributed by atoms with Crippen molar-refractivity contribution in [2.75, 3.05) is 0 Å². The number of nitrogens with one attached hydrogen (secondary N) is 3. The van der Waals surface area contributed by atoms with Crippen molar-refractivity contribution in [2.24, 2.45) is 0 Å². The second-order valence-corrected chi connectivity index (χ2v) is 5.77. The fourth-order valence-electron chi connectivity index (χ4n) is 1.39. The Labute approximate surface area is 129 Å². The second-order valence-electron chi connectivity index (χ2n) is 4.00. The number of amides is 2. The van der Waals surface area contributed by atoms with Crippen molar-refractivity contribution in [3.05, 3.63) is 41.2 Å². The molecule has 2 aromatic rings. The summed E-state index contributed by atoms with van der Waals surface area (Å²) in [5.41, 5.74) is 5.04. The Hall–Kier alpha value is -2.06. The van der Waals surface area contributed by atoms with Gasteiger partial charge in [0.1, 0.15) is 6.33 Å². The number of H-pyrrole nitrogens is 1. The summed E-state index contributed by atoms with van der Waals surface area (Å²) in [6, 6.07) is 6.42. The largest absolute Gasteiger partial charge is 0.272 e. The van der Waals surface area contributed by atoms with Crippen LogP contribution in [0.2, 0.25) is 5.02 Å². The number of hydrogen-bond donors (Lipinski definition) is 3. The third-order valence-electron chi connectivity index (χ3n) is 2.44. The van der Waals surface area contributed by atoms with Crippen molar-refractivity contribution in [2.45, 2.75) is 17.3 Å². The molecule has 1 unspecified atom stereocenters. The van der Waals surface area contributed by atoms with Gasteiger partial charge in [0.15, 0.2) is 5.16 Å². The Morgan fingerprint density at radius 1 is 1.38 bits per heavy atom. The van der Waals surface area contributed by atoms with Gasteiger partial charge in [-0.2, -0.15) is 5.10 Å². The first-order chi connectivity index (χ1) is 10.1. The van der Waals surface area contributed by atoms with Crippen LogP contribution in [0.15, 0.2) is 35.7 Å². The van der Waals surface area contributed by atoms with Crippen molar-refractivity contribution in [1.82, 2.24) is 26.0 Å². The molecule has 0 aliphatic heterocycles. The smallest absolute Gasteiger partial charge is 0.269 e. The van der Waals surface area contributed by atoms with Gasteiger partial charge in [-0.05, 0) is 25.1 Å². The molecule has 0 aliphatic rings. The van der Waals surface area contributed by atoms with Crippen molar-refractivity contribution < 1.29 is 9.59 Å².